The molecule has 166 valence electrons. The Kier molecular flexibility index (Phi) is 6.49. The van der Waals surface area contributed by atoms with E-state index in [0.29, 0.717) is 25.0 Å². The van der Waals surface area contributed by atoms with Crippen LogP contribution in [0, 0.1) is 12.8 Å². The Morgan fingerprint density at radius 3 is 2.47 bits per heavy atom. The number of amides is 1. The van der Waals surface area contributed by atoms with Crippen LogP contribution in [0.25, 0.3) is 0 Å². The van der Waals surface area contributed by atoms with Gasteiger partial charge in [-0.1, -0.05) is 12.8 Å². The molecule has 0 spiro atoms. The summed E-state index contributed by atoms with van der Waals surface area (Å²) in [5, 5.41) is 0. The molecule has 0 N–H and O–H groups in total. The molecule has 2 saturated heterocycles. The lowest BCUT2D eigenvalue weighted by Gasteiger charge is -2.44. The van der Waals surface area contributed by atoms with Crippen molar-refractivity contribution in [2.45, 2.75) is 77.2 Å². The number of nitrogens with zero attached hydrogens (tertiary/aromatic N) is 3. The molecule has 6 nitrogen and oxygen atoms in total. The molecule has 3 heterocycles. The number of aryl methyl sites for hydroxylation is 1. The van der Waals surface area contributed by atoms with Gasteiger partial charge in [0.25, 0.3) is 5.91 Å². The Bertz CT molecular complexity index is 876. The SMILES string of the molecule is CCS(=O)(=O)N1CCC(c2nc(C)ccc2C(=O)N2CCCC3CCCCC32)CC1. The number of piperidine rings is 2. The second-order valence-corrected chi connectivity index (χ2v) is 11.5. The predicted molar refractivity (Wildman–Crippen MR) is 118 cm³/mol. The van der Waals surface area contributed by atoms with E-state index >= 15 is 0 Å². The molecule has 1 aromatic heterocycles. The molecule has 1 saturated carbocycles. The monoisotopic (exact) mass is 433 g/mol. The van der Waals surface area contributed by atoms with Crippen LogP contribution in [0.5, 0.6) is 0 Å². The largest absolute Gasteiger partial charge is 0.335 e. The third kappa shape index (κ3) is 4.28. The van der Waals surface area contributed by atoms with E-state index in [1.807, 2.05) is 19.1 Å². The quantitative estimate of drug-likeness (QED) is 0.726. The van der Waals surface area contributed by atoms with Gasteiger partial charge >= 0.3 is 0 Å². The number of fused-ring (bicyclic) bond motifs is 1. The number of likely N-dealkylation sites (tertiary alicyclic amines) is 1. The lowest BCUT2D eigenvalue weighted by Crippen LogP contribution is -2.50. The summed E-state index contributed by atoms with van der Waals surface area (Å²) in [6, 6.07) is 4.28. The Morgan fingerprint density at radius 2 is 1.73 bits per heavy atom. The molecule has 4 rings (SSSR count). The van der Waals surface area contributed by atoms with Crippen molar-refractivity contribution in [3.05, 3.63) is 29.1 Å². The highest BCUT2D eigenvalue weighted by Gasteiger charge is 2.38. The maximum Gasteiger partial charge on any atom is 0.255 e. The number of carbonyl (C=O) groups excluding carboxylic acids is 1. The van der Waals surface area contributed by atoms with Crippen LogP contribution in [0.15, 0.2) is 12.1 Å². The normalized spacial score (nSPS) is 26.4. The molecular weight excluding hydrogens is 398 g/mol. The first-order valence-corrected chi connectivity index (χ1v) is 13.3. The summed E-state index contributed by atoms with van der Waals surface area (Å²) >= 11 is 0. The van der Waals surface area contributed by atoms with E-state index in [2.05, 4.69) is 4.90 Å². The van der Waals surface area contributed by atoms with E-state index in [0.717, 1.165) is 49.2 Å². The minimum Gasteiger partial charge on any atom is -0.335 e. The molecule has 1 amide bonds. The van der Waals surface area contributed by atoms with Gasteiger partial charge in [0, 0.05) is 37.3 Å². The first kappa shape index (κ1) is 21.8. The zero-order chi connectivity index (χ0) is 21.3. The molecule has 30 heavy (non-hydrogen) atoms. The number of pyridine rings is 1. The average molecular weight is 434 g/mol. The highest BCUT2D eigenvalue weighted by molar-refractivity contribution is 7.89. The first-order valence-electron chi connectivity index (χ1n) is 11.7. The summed E-state index contributed by atoms with van der Waals surface area (Å²) < 4.78 is 26.0. The van der Waals surface area contributed by atoms with Gasteiger partial charge in [0.15, 0.2) is 0 Å². The molecule has 7 heteroatoms. The van der Waals surface area contributed by atoms with Crippen LogP contribution >= 0.6 is 0 Å². The molecule has 0 bridgehead atoms. The number of sulfonamides is 1. The van der Waals surface area contributed by atoms with Gasteiger partial charge in [-0.05, 0) is 70.4 Å². The standard InChI is InChI=1S/C23H35N3O3S/c1-3-30(28,29)25-15-12-19(13-16-25)22-20(11-10-17(2)24-22)23(27)26-14-6-8-18-7-4-5-9-21(18)26/h10-11,18-19,21H,3-9,12-16H2,1-2H3. The molecule has 3 aliphatic rings. The van der Waals surface area contributed by atoms with E-state index in [1.54, 1.807) is 11.2 Å². The first-order chi connectivity index (χ1) is 14.4. The van der Waals surface area contributed by atoms with Gasteiger partial charge in [0.1, 0.15) is 0 Å². The van der Waals surface area contributed by atoms with E-state index < -0.39 is 10.0 Å². The van der Waals surface area contributed by atoms with Crippen molar-refractivity contribution < 1.29 is 13.2 Å². The molecule has 2 unspecified atom stereocenters. The van der Waals surface area contributed by atoms with Gasteiger partial charge in [-0.2, -0.15) is 0 Å². The highest BCUT2D eigenvalue weighted by atomic mass is 32.2. The number of rotatable bonds is 4. The van der Waals surface area contributed by atoms with Gasteiger partial charge in [-0.25, -0.2) is 12.7 Å². The van der Waals surface area contributed by atoms with Gasteiger partial charge in [0.2, 0.25) is 10.0 Å². The topological polar surface area (TPSA) is 70.6 Å². The Balaban J connectivity index is 1.56. The van der Waals surface area contributed by atoms with Crippen LogP contribution in [-0.2, 0) is 10.0 Å². The summed E-state index contributed by atoms with van der Waals surface area (Å²) in [6.45, 7) is 5.53. The summed E-state index contributed by atoms with van der Waals surface area (Å²) in [4.78, 5) is 20.6. The number of carbonyl (C=O) groups is 1. The van der Waals surface area contributed by atoms with E-state index in [1.165, 1.54) is 25.7 Å². The van der Waals surface area contributed by atoms with Crippen LogP contribution in [0.4, 0.5) is 0 Å². The second kappa shape index (κ2) is 8.95. The maximum atomic E-state index is 13.7. The minimum absolute atomic E-state index is 0.137. The van der Waals surface area contributed by atoms with Crippen LogP contribution in [0.2, 0.25) is 0 Å². The summed E-state index contributed by atoms with van der Waals surface area (Å²) in [6.07, 6.45) is 8.67. The van der Waals surface area contributed by atoms with Gasteiger partial charge in [-0.15, -0.1) is 0 Å². The molecule has 3 fully saturated rings. The zero-order valence-corrected chi connectivity index (χ0v) is 19.2. The molecular formula is C23H35N3O3S. The van der Waals surface area contributed by atoms with Crippen molar-refractivity contribution in [2.75, 3.05) is 25.4 Å². The average Bonchev–Trinajstić information content (AvgIpc) is 2.78. The maximum absolute atomic E-state index is 13.7. The van der Waals surface area contributed by atoms with Gasteiger partial charge in [0.05, 0.1) is 17.0 Å². The van der Waals surface area contributed by atoms with E-state index in [4.69, 9.17) is 4.98 Å². The molecule has 2 aliphatic heterocycles. The Hall–Kier alpha value is -1.47. The third-order valence-electron chi connectivity index (χ3n) is 7.40. The molecule has 0 radical (unpaired) electrons. The fourth-order valence-electron chi connectivity index (χ4n) is 5.69. The number of hydrogen-bond donors (Lipinski definition) is 0. The summed E-state index contributed by atoms with van der Waals surface area (Å²) in [5.41, 5.74) is 2.54. The van der Waals surface area contributed by atoms with Crippen molar-refractivity contribution in [3.63, 3.8) is 0 Å². The number of aromatic nitrogens is 1. The molecule has 1 aromatic rings. The highest BCUT2D eigenvalue weighted by Crippen LogP contribution is 2.37. The van der Waals surface area contributed by atoms with Crippen LogP contribution in [-0.4, -0.2) is 59.9 Å². The fraction of sp³-hybridized carbons (Fsp3) is 0.739. The fourth-order valence-corrected chi connectivity index (χ4v) is 6.82. The molecule has 1 aliphatic carbocycles. The van der Waals surface area contributed by atoms with Crippen molar-refractivity contribution in [2.24, 2.45) is 5.92 Å². The smallest absolute Gasteiger partial charge is 0.255 e. The summed E-state index contributed by atoms with van der Waals surface area (Å²) in [5.74, 6) is 1.07. The lowest BCUT2D eigenvalue weighted by molar-refractivity contribution is 0.0388. The number of hydrogen-bond acceptors (Lipinski definition) is 4. The molecule has 0 aromatic carbocycles. The van der Waals surface area contributed by atoms with E-state index in [9.17, 15) is 13.2 Å². The van der Waals surface area contributed by atoms with Crippen LogP contribution in [0.1, 0.15) is 86.0 Å². The Morgan fingerprint density at radius 1 is 1.03 bits per heavy atom. The van der Waals surface area contributed by atoms with Gasteiger partial charge in [-0.3, -0.25) is 9.78 Å². The van der Waals surface area contributed by atoms with Crippen molar-refractivity contribution in [1.82, 2.24) is 14.2 Å². The zero-order valence-electron chi connectivity index (χ0n) is 18.3. The van der Waals surface area contributed by atoms with Crippen molar-refractivity contribution in [3.8, 4) is 0 Å². The lowest BCUT2D eigenvalue weighted by atomic mass is 9.78. The predicted octanol–water partition coefficient (Wildman–Crippen LogP) is 3.71. The van der Waals surface area contributed by atoms with Gasteiger partial charge < -0.3 is 4.90 Å². The second-order valence-electron chi connectivity index (χ2n) is 9.21. The molecule has 2 atom stereocenters. The Labute approximate surface area is 181 Å². The van der Waals surface area contributed by atoms with Crippen molar-refractivity contribution in [1.29, 1.82) is 0 Å². The van der Waals surface area contributed by atoms with Crippen LogP contribution in [0.3, 0.4) is 0 Å². The van der Waals surface area contributed by atoms with Crippen molar-refractivity contribution >= 4 is 15.9 Å². The minimum atomic E-state index is -3.15. The van der Waals surface area contributed by atoms with E-state index in [-0.39, 0.29) is 17.6 Å². The summed E-state index contributed by atoms with van der Waals surface area (Å²) in [7, 11) is -3.15. The van der Waals surface area contributed by atoms with Crippen LogP contribution < -0.4 is 0 Å². The third-order valence-corrected chi connectivity index (χ3v) is 9.28.